The predicted octanol–water partition coefficient (Wildman–Crippen LogP) is 2.50. The maximum Gasteiger partial charge on any atom is 0.330 e. The molecule has 2 aromatic heterocycles. The molecule has 1 amide bonds. The van der Waals surface area contributed by atoms with E-state index in [1.165, 1.54) is 10.1 Å². The average Bonchev–Trinajstić information content (AvgIpc) is 2.85. The molecular formula is C27H35N5O4. The highest BCUT2D eigenvalue weighted by Gasteiger charge is 2.24. The molecule has 1 atom stereocenters. The Bertz CT molecular complexity index is 1330. The van der Waals surface area contributed by atoms with Crippen LogP contribution in [-0.4, -0.2) is 57.7 Å². The lowest BCUT2D eigenvalue weighted by Crippen LogP contribution is -2.47. The fourth-order valence-corrected chi connectivity index (χ4v) is 4.49. The number of H-pyrrole nitrogens is 1. The Kier molecular flexibility index (Phi) is 8.01. The molecule has 1 aromatic carbocycles. The number of hydrogen-bond acceptors (Lipinski definition) is 6. The summed E-state index contributed by atoms with van der Waals surface area (Å²) in [6.45, 7) is 11.5. The van der Waals surface area contributed by atoms with Crippen LogP contribution in [0.1, 0.15) is 55.2 Å². The van der Waals surface area contributed by atoms with Crippen LogP contribution in [0.2, 0.25) is 0 Å². The molecule has 192 valence electrons. The summed E-state index contributed by atoms with van der Waals surface area (Å²) in [5.74, 6) is -0.217. The van der Waals surface area contributed by atoms with Gasteiger partial charge in [0.05, 0.1) is 23.7 Å². The summed E-state index contributed by atoms with van der Waals surface area (Å²) in [5.41, 5.74) is 1.23. The van der Waals surface area contributed by atoms with E-state index in [2.05, 4.69) is 32.3 Å². The van der Waals surface area contributed by atoms with Gasteiger partial charge in [0.25, 0.3) is 11.5 Å². The Labute approximate surface area is 210 Å². The van der Waals surface area contributed by atoms with Gasteiger partial charge in [0.2, 0.25) is 0 Å². The number of morpholine rings is 1. The number of pyridine rings is 1. The van der Waals surface area contributed by atoms with Crippen LogP contribution < -0.4 is 16.6 Å². The standard InChI is InChI=1S/C27H35N5O4/c1-17(2)14-32-24-23(26(34)30-27(32)35)21(12-22(29-24)18(3)4)25(33)28-13-20-16-31(10-11-36-20)15-19-8-6-5-7-9-19/h5-9,12,17-18,20H,10-11,13-16H2,1-4H3,(H,28,33)(H,30,34,35). The van der Waals surface area contributed by atoms with Crippen LogP contribution in [0.5, 0.6) is 0 Å². The highest BCUT2D eigenvalue weighted by atomic mass is 16.5. The Balaban J connectivity index is 1.57. The van der Waals surface area contributed by atoms with Gasteiger partial charge in [-0.25, -0.2) is 9.78 Å². The number of aromatic amines is 1. The predicted molar refractivity (Wildman–Crippen MR) is 139 cm³/mol. The largest absolute Gasteiger partial charge is 0.374 e. The molecule has 4 rings (SSSR count). The molecular weight excluding hydrogens is 458 g/mol. The van der Waals surface area contributed by atoms with Gasteiger partial charge >= 0.3 is 5.69 Å². The molecule has 0 bridgehead atoms. The van der Waals surface area contributed by atoms with Crippen molar-refractivity contribution in [3.05, 3.63) is 74.1 Å². The number of aromatic nitrogens is 3. The van der Waals surface area contributed by atoms with Gasteiger partial charge in [-0.15, -0.1) is 0 Å². The summed E-state index contributed by atoms with van der Waals surface area (Å²) in [4.78, 5) is 48.1. The number of nitrogens with one attached hydrogen (secondary N) is 2. The fourth-order valence-electron chi connectivity index (χ4n) is 4.49. The third kappa shape index (κ3) is 5.91. The lowest BCUT2D eigenvalue weighted by molar-refractivity contribution is -0.0292. The first kappa shape index (κ1) is 25.8. The lowest BCUT2D eigenvalue weighted by atomic mass is 10.0. The Morgan fingerprint density at radius 2 is 1.94 bits per heavy atom. The second kappa shape index (κ2) is 11.2. The van der Waals surface area contributed by atoms with Crippen molar-refractivity contribution < 1.29 is 9.53 Å². The molecule has 1 unspecified atom stereocenters. The van der Waals surface area contributed by atoms with E-state index in [9.17, 15) is 14.4 Å². The van der Waals surface area contributed by atoms with Crippen molar-refractivity contribution in [2.45, 2.75) is 52.8 Å². The van der Waals surface area contributed by atoms with Gasteiger partial charge in [0.1, 0.15) is 0 Å². The molecule has 0 saturated carbocycles. The zero-order chi connectivity index (χ0) is 25.8. The number of carbonyl (C=O) groups excluding carboxylic acids is 1. The van der Waals surface area contributed by atoms with Crippen molar-refractivity contribution >= 4 is 16.9 Å². The molecule has 9 heteroatoms. The number of benzene rings is 1. The summed E-state index contributed by atoms with van der Waals surface area (Å²) in [5, 5.41) is 3.09. The molecule has 9 nitrogen and oxygen atoms in total. The fraction of sp³-hybridized carbons (Fsp3) is 0.481. The van der Waals surface area contributed by atoms with Gasteiger partial charge in [0.15, 0.2) is 5.65 Å². The number of amides is 1. The van der Waals surface area contributed by atoms with Crippen LogP contribution >= 0.6 is 0 Å². The van der Waals surface area contributed by atoms with E-state index in [4.69, 9.17) is 4.74 Å². The van der Waals surface area contributed by atoms with Crippen molar-refractivity contribution in [3.63, 3.8) is 0 Å². The van der Waals surface area contributed by atoms with Crippen molar-refractivity contribution in [3.8, 4) is 0 Å². The molecule has 2 N–H and O–H groups in total. The van der Waals surface area contributed by atoms with Gasteiger partial charge in [-0.05, 0) is 23.5 Å². The molecule has 0 radical (unpaired) electrons. The first-order valence-electron chi connectivity index (χ1n) is 12.6. The van der Waals surface area contributed by atoms with Gasteiger partial charge in [-0.2, -0.15) is 0 Å². The summed E-state index contributed by atoms with van der Waals surface area (Å²) in [6, 6.07) is 11.9. The van der Waals surface area contributed by atoms with Crippen LogP contribution in [0.3, 0.4) is 0 Å². The van der Waals surface area contributed by atoms with Gasteiger partial charge in [-0.1, -0.05) is 58.0 Å². The second-order valence-corrected chi connectivity index (χ2v) is 10.1. The molecule has 36 heavy (non-hydrogen) atoms. The number of ether oxygens (including phenoxy) is 1. The van der Waals surface area contributed by atoms with Crippen molar-refractivity contribution in [2.24, 2.45) is 5.92 Å². The number of hydrogen-bond donors (Lipinski definition) is 2. The summed E-state index contributed by atoms with van der Waals surface area (Å²) < 4.78 is 7.36. The quantitative estimate of drug-likeness (QED) is 0.499. The van der Waals surface area contributed by atoms with Crippen molar-refractivity contribution in [1.29, 1.82) is 0 Å². The number of fused-ring (bicyclic) bond motifs is 1. The van der Waals surface area contributed by atoms with E-state index >= 15 is 0 Å². The highest BCUT2D eigenvalue weighted by molar-refractivity contribution is 6.05. The van der Waals surface area contributed by atoms with E-state index in [0.717, 1.165) is 13.1 Å². The third-order valence-electron chi connectivity index (χ3n) is 6.31. The van der Waals surface area contributed by atoms with E-state index in [1.807, 2.05) is 45.9 Å². The normalized spacial score (nSPS) is 16.7. The monoisotopic (exact) mass is 493 g/mol. The van der Waals surface area contributed by atoms with E-state index < -0.39 is 11.2 Å². The van der Waals surface area contributed by atoms with Gasteiger partial charge < -0.3 is 10.1 Å². The summed E-state index contributed by atoms with van der Waals surface area (Å²) in [6.07, 6.45) is -0.165. The maximum atomic E-state index is 13.4. The molecule has 0 aliphatic carbocycles. The molecule has 0 spiro atoms. The van der Waals surface area contributed by atoms with E-state index in [0.29, 0.717) is 31.9 Å². The summed E-state index contributed by atoms with van der Waals surface area (Å²) in [7, 11) is 0. The number of nitrogens with zero attached hydrogens (tertiary/aromatic N) is 3. The Morgan fingerprint density at radius 1 is 1.19 bits per heavy atom. The Hall–Kier alpha value is -3.30. The van der Waals surface area contributed by atoms with Crippen molar-refractivity contribution in [2.75, 3.05) is 26.2 Å². The zero-order valence-electron chi connectivity index (χ0n) is 21.4. The van der Waals surface area contributed by atoms with Crippen LogP contribution in [0.25, 0.3) is 11.0 Å². The zero-order valence-corrected chi connectivity index (χ0v) is 21.4. The topological polar surface area (TPSA) is 109 Å². The van der Waals surface area contributed by atoms with Crippen molar-refractivity contribution in [1.82, 2.24) is 24.8 Å². The smallest absolute Gasteiger partial charge is 0.330 e. The Morgan fingerprint density at radius 3 is 2.64 bits per heavy atom. The lowest BCUT2D eigenvalue weighted by Gasteiger charge is -2.33. The van der Waals surface area contributed by atoms with Crippen LogP contribution in [0, 0.1) is 5.92 Å². The number of carbonyl (C=O) groups is 1. The first-order valence-corrected chi connectivity index (χ1v) is 12.6. The molecule has 1 aliphatic heterocycles. The van der Waals surface area contributed by atoms with E-state index in [1.54, 1.807) is 6.07 Å². The highest BCUT2D eigenvalue weighted by Crippen LogP contribution is 2.20. The number of rotatable bonds is 8. The first-order chi connectivity index (χ1) is 17.2. The van der Waals surface area contributed by atoms with Crippen LogP contribution in [-0.2, 0) is 17.8 Å². The maximum absolute atomic E-state index is 13.4. The molecule has 3 aromatic rings. The van der Waals surface area contributed by atoms with Crippen LogP contribution in [0.4, 0.5) is 0 Å². The minimum absolute atomic E-state index is 0.0102. The molecule has 3 heterocycles. The minimum Gasteiger partial charge on any atom is -0.374 e. The average molecular weight is 494 g/mol. The molecule has 1 saturated heterocycles. The minimum atomic E-state index is -0.606. The third-order valence-corrected chi connectivity index (χ3v) is 6.31. The molecule has 1 aliphatic rings. The summed E-state index contributed by atoms with van der Waals surface area (Å²) >= 11 is 0. The van der Waals surface area contributed by atoms with Gasteiger partial charge in [-0.3, -0.25) is 24.0 Å². The SMILES string of the molecule is CC(C)Cn1c(=O)[nH]c(=O)c2c(C(=O)NCC3CN(Cc4ccccc4)CCO3)cc(C(C)C)nc21. The van der Waals surface area contributed by atoms with E-state index in [-0.39, 0.29) is 40.4 Å². The van der Waals surface area contributed by atoms with Crippen LogP contribution in [0.15, 0.2) is 46.0 Å². The molecule has 1 fully saturated rings. The second-order valence-electron chi connectivity index (χ2n) is 10.1. The van der Waals surface area contributed by atoms with Gasteiger partial charge in [0, 0.05) is 38.4 Å².